The molecule has 0 unspecified atom stereocenters. The van der Waals surface area contributed by atoms with Crippen molar-refractivity contribution < 1.29 is 9.53 Å². The van der Waals surface area contributed by atoms with Crippen molar-refractivity contribution in [2.45, 2.75) is 6.61 Å². The Bertz CT molecular complexity index is 856. The zero-order chi connectivity index (χ0) is 16.9. The largest absolute Gasteiger partial charge is 0.487 e. The molecule has 0 aliphatic rings. The third-order valence-electron chi connectivity index (χ3n) is 3.14. The Labute approximate surface area is 156 Å². The van der Waals surface area contributed by atoms with E-state index in [0.29, 0.717) is 33.1 Å². The van der Waals surface area contributed by atoms with E-state index in [2.05, 4.69) is 26.2 Å². The predicted octanol–water partition coefficient (Wildman–Crippen LogP) is 5.39. The smallest absolute Gasteiger partial charge is 0.256 e. The molecule has 0 fully saturated rings. The molecule has 1 heterocycles. The number of amides is 1. The maximum atomic E-state index is 12.4. The summed E-state index contributed by atoms with van der Waals surface area (Å²) in [7, 11) is 0. The average molecular weight is 424 g/mol. The Balaban J connectivity index is 1.69. The van der Waals surface area contributed by atoms with Crippen molar-refractivity contribution in [2.24, 2.45) is 0 Å². The summed E-state index contributed by atoms with van der Waals surface area (Å²) in [5.74, 6) is 0.409. The van der Waals surface area contributed by atoms with Crippen molar-refractivity contribution in [1.29, 1.82) is 0 Å². The number of benzene rings is 2. The molecule has 2 aromatic carbocycles. The maximum Gasteiger partial charge on any atom is 0.256 e. The summed E-state index contributed by atoms with van der Waals surface area (Å²) in [6.07, 6.45) is 0. The monoisotopic (exact) mass is 422 g/mol. The van der Waals surface area contributed by atoms with E-state index in [1.807, 2.05) is 17.5 Å². The molecule has 0 saturated carbocycles. The quantitative estimate of drug-likeness (QED) is 0.598. The molecule has 0 bridgehead atoms. The Morgan fingerprint density at radius 3 is 2.96 bits per heavy atom. The lowest BCUT2D eigenvalue weighted by Crippen LogP contribution is -2.12. The summed E-state index contributed by atoms with van der Waals surface area (Å²) < 4.78 is 6.36. The number of aromatic nitrogens is 1. The van der Waals surface area contributed by atoms with Crippen LogP contribution in [0.5, 0.6) is 5.75 Å². The molecule has 1 N–H and O–H groups in total. The third kappa shape index (κ3) is 4.35. The van der Waals surface area contributed by atoms with Gasteiger partial charge in [0.05, 0.1) is 16.8 Å². The Kier molecular flexibility index (Phi) is 5.50. The second-order valence-electron chi connectivity index (χ2n) is 4.87. The molecule has 1 aromatic heterocycles. The summed E-state index contributed by atoms with van der Waals surface area (Å²) in [6.45, 7) is 0.390. The number of ether oxygens (including phenoxy) is 1. The van der Waals surface area contributed by atoms with E-state index in [1.165, 1.54) is 11.3 Å². The van der Waals surface area contributed by atoms with Gasteiger partial charge < -0.3 is 10.1 Å². The molecular weight excluding hydrogens is 412 g/mol. The molecule has 0 spiro atoms. The zero-order valence-corrected chi connectivity index (χ0v) is 15.5. The van der Waals surface area contributed by atoms with Crippen LogP contribution >= 0.6 is 38.9 Å². The van der Waals surface area contributed by atoms with Crippen LogP contribution in [0.15, 0.2) is 57.8 Å². The van der Waals surface area contributed by atoms with E-state index < -0.39 is 0 Å². The molecule has 3 rings (SSSR count). The van der Waals surface area contributed by atoms with Crippen LogP contribution in [0.4, 0.5) is 5.69 Å². The minimum absolute atomic E-state index is 0.249. The van der Waals surface area contributed by atoms with Gasteiger partial charge in [-0.1, -0.05) is 17.7 Å². The van der Waals surface area contributed by atoms with Crippen molar-refractivity contribution >= 4 is 50.5 Å². The van der Waals surface area contributed by atoms with Crippen molar-refractivity contribution in [3.63, 3.8) is 0 Å². The first-order valence-electron chi connectivity index (χ1n) is 6.98. The molecule has 0 saturated heterocycles. The number of carbonyl (C=O) groups excluding carboxylic acids is 1. The van der Waals surface area contributed by atoms with E-state index in [4.69, 9.17) is 16.3 Å². The molecule has 122 valence electrons. The van der Waals surface area contributed by atoms with E-state index in [-0.39, 0.29) is 5.91 Å². The minimum Gasteiger partial charge on any atom is -0.487 e. The van der Waals surface area contributed by atoms with Crippen LogP contribution in [-0.2, 0) is 6.61 Å². The lowest BCUT2D eigenvalue weighted by molar-refractivity contribution is 0.102. The second kappa shape index (κ2) is 7.79. The van der Waals surface area contributed by atoms with Gasteiger partial charge in [-0.25, -0.2) is 4.98 Å². The molecule has 0 aliphatic heterocycles. The number of nitrogens with one attached hydrogen (secondary N) is 1. The van der Waals surface area contributed by atoms with Crippen LogP contribution in [0.2, 0.25) is 5.02 Å². The van der Waals surface area contributed by atoms with Gasteiger partial charge in [0.2, 0.25) is 0 Å². The molecule has 24 heavy (non-hydrogen) atoms. The molecule has 0 aliphatic carbocycles. The number of anilines is 1. The van der Waals surface area contributed by atoms with Crippen LogP contribution < -0.4 is 10.1 Å². The van der Waals surface area contributed by atoms with E-state index in [9.17, 15) is 4.79 Å². The Hall–Kier alpha value is -1.89. The number of carbonyl (C=O) groups is 1. The SMILES string of the molecule is O=C(Nc1cccc(OCc2cscn2)c1)c1cc(Cl)ccc1Br. The summed E-state index contributed by atoms with van der Waals surface area (Å²) in [4.78, 5) is 16.6. The normalized spacial score (nSPS) is 10.4. The van der Waals surface area contributed by atoms with Crippen LogP contribution in [-0.4, -0.2) is 10.9 Å². The standard InChI is InChI=1S/C17H12BrClN2O2S/c18-16-5-4-11(19)6-15(16)17(22)21-12-2-1-3-14(7-12)23-8-13-9-24-10-20-13/h1-7,9-10H,8H2,(H,21,22). The minimum atomic E-state index is -0.249. The van der Waals surface area contributed by atoms with Gasteiger partial charge in [0.15, 0.2) is 0 Å². The topological polar surface area (TPSA) is 51.2 Å². The first-order valence-corrected chi connectivity index (χ1v) is 9.09. The molecule has 0 atom stereocenters. The van der Waals surface area contributed by atoms with E-state index >= 15 is 0 Å². The van der Waals surface area contributed by atoms with Gasteiger partial charge in [-0.05, 0) is 46.3 Å². The highest BCUT2D eigenvalue weighted by Gasteiger charge is 2.11. The molecule has 0 radical (unpaired) electrons. The van der Waals surface area contributed by atoms with Crippen molar-refractivity contribution in [2.75, 3.05) is 5.32 Å². The van der Waals surface area contributed by atoms with Gasteiger partial charge in [-0.3, -0.25) is 4.79 Å². The fraction of sp³-hybridized carbons (Fsp3) is 0.0588. The van der Waals surface area contributed by atoms with E-state index in [0.717, 1.165) is 5.69 Å². The molecule has 1 amide bonds. The summed E-state index contributed by atoms with van der Waals surface area (Å²) >= 11 is 10.8. The Morgan fingerprint density at radius 2 is 2.17 bits per heavy atom. The molecule has 3 aromatic rings. The highest BCUT2D eigenvalue weighted by atomic mass is 79.9. The fourth-order valence-electron chi connectivity index (χ4n) is 2.00. The van der Waals surface area contributed by atoms with Gasteiger partial charge in [0.25, 0.3) is 5.91 Å². The zero-order valence-electron chi connectivity index (χ0n) is 12.3. The average Bonchev–Trinajstić information content (AvgIpc) is 3.09. The van der Waals surface area contributed by atoms with Gasteiger partial charge in [0, 0.05) is 26.6 Å². The number of thiazole rings is 1. The van der Waals surface area contributed by atoms with Crippen molar-refractivity contribution in [3.05, 3.63) is 74.1 Å². The Morgan fingerprint density at radius 1 is 1.29 bits per heavy atom. The number of nitrogens with zero attached hydrogens (tertiary/aromatic N) is 1. The van der Waals surface area contributed by atoms with Crippen molar-refractivity contribution in [1.82, 2.24) is 4.98 Å². The number of hydrogen-bond acceptors (Lipinski definition) is 4. The first kappa shape index (κ1) is 17.0. The van der Waals surface area contributed by atoms with Crippen LogP contribution in [0.1, 0.15) is 16.1 Å². The molecule has 4 nitrogen and oxygen atoms in total. The lowest BCUT2D eigenvalue weighted by Gasteiger charge is -2.09. The van der Waals surface area contributed by atoms with Crippen LogP contribution in [0.3, 0.4) is 0 Å². The van der Waals surface area contributed by atoms with Gasteiger partial charge in [0.1, 0.15) is 12.4 Å². The summed E-state index contributed by atoms with van der Waals surface area (Å²) in [5, 5.41) is 5.27. The second-order valence-corrected chi connectivity index (χ2v) is 6.88. The first-order chi connectivity index (χ1) is 11.6. The number of rotatable bonds is 5. The third-order valence-corrected chi connectivity index (χ3v) is 4.70. The van der Waals surface area contributed by atoms with Gasteiger partial charge in [-0.2, -0.15) is 0 Å². The van der Waals surface area contributed by atoms with Crippen molar-refractivity contribution in [3.8, 4) is 5.75 Å². The maximum absolute atomic E-state index is 12.4. The predicted molar refractivity (Wildman–Crippen MR) is 100.0 cm³/mol. The summed E-state index contributed by atoms with van der Waals surface area (Å²) in [6, 6.07) is 12.3. The van der Waals surface area contributed by atoms with Gasteiger partial charge >= 0.3 is 0 Å². The van der Waals surface area contributed by atoms with Crippen LogP contribution in [0.25, 0.3) is 0 Å². The molecule has 7 heteroatoms. The van der Waals surface area contributed by atoms with Gasteiger partial charge in [-0.15, -0.1) is 11.3 Å². The molecular formula is C17H12BrClN2O2S. The highest BCUT2D eigenvalue weighted by molar-refractivity contribution is 9.10. The lowest BCUT2D eigenvalue weighted by atomic mass is 10.2. The summed E-state index contributed by atoms with van der Waals surface area (Å²) in [5.41, 5.74) is 3.74. The van der Waals surface area contributed by atoms with E-state index in [1.54, 1.807) is 35.8 Å². The number of hydrogen-bond donors (Lipinski definition) is 1. The fourth-order valence-corrected chi connectivity index (χ4v) is 3.14. The highest BCUT2D eigenvalue weighted by Crippen LogP contribution is 2.24. The number of halogens is 2. The van der Waals surface area contributed by atoms with Crippen LogP contribution in [0, 0.1) is 0 Å².